The van der Waals surface area contributed by atoms with Crippen LogP contribution in [0, 0.1) is 6.92 Å². The van der Waals surface area contributed by atoms with Crippen molar-refractivity contribution in [2.75, 3.05) is 5.32 Å². The van der Waals surface area contributed by atoms with Crippen molar-refractivity contribution in [3.63, 3.8) is 0 Å². The number of aryl methyl sites for hydroxylation is 1. The van der Waals surface area contributed by atoms with Crippen molar-refractivity contribution in [1.29, 1.82) is 0 Å². The first-order valence-corrected chi connectivity index (χ1v) is 5.54. The summed E-state index contributed by atoms with van der Waals surface area (Å²) in [5.41, 5.74) is 1.83. The smallest absolute Gasteiger partial charge is 0.237 e. The van der Waals surface area contributed by atoms with Crippen LogP contribution in [0.2, 0.25) is 0 Å². The van der Waals surface area contributed by atoms with Crippen molar-refractivity contribution in [2.24, 2.45) is 0 Å². The summed E-state index contributed by atoms with van der Waals surface area (Å²) in [4.78, 5) is 15.9. The third-order valence-corrected chi connectivity index (χ3v) is 3.54. The quantitative estimate of drug-likeness (QED) is 0.769. The van der Waals surface area contributed by atoms with E-state index in [0.717, 1.165) is 22.8 Å². The molecule has 2 rings (SSSR count). The number of thioether (sulfide) groups is 1. The molecule has 0 bridgehead atoms. The number of rotatable bonds is 1. The monoisotopic (exact) mass is 208 g/mol. The van der Waals surface area contributed by atoms with Crippen LogP contribution in [0.3, 0.4) is 0 Å². The zero-order valence-corrected chi connectivity index (χ0v) is 9.02. The molecule has 74 valence electrons. The lowest BCUT2D eigenvalue weighted by atomic mass is 10.3. The summed E-state index contributed by atoms with van der Waals surface area (Å²) in [6, 6.07) is 3.82. The van der Waals surface area contributed by atoms with E-state index in [1.807, 2.05) is 26.0 Å². The van der Waals surface area contributed by atoms with Crippen LogP contribution in [0.15, 0.2) is 17.2 Å². The summed E-state index contributed by atoms with van der Waals surface area (Å²) in [5, 5.41) is 3.82. The van der Waals surface area contributed by atoms with E-state index in [0.29, 0.717) is 0 Å². The zero-order chi connectivity index (χ0) is 10.1. The lowest BCUT2D eigenvalue weighted by Crippen LogP contribution is -2.28. The van der Waals surface area contributed by atoms with Gasteiger partial charge < -0.3 is 5.32 Å². The molecule has 4 heteroatoms. The molecule has 0 aromatic carbocycles. The average molecular weight is 208 g/mol. The van der Waals surface area contributed by atoms with Crippen molar-refractivity contribution in [1.82, 2.24) is 4.98 Å². The summed E-state index contributed by atoms with van der Waals surface area (Å²) < 4.78 is 0. The van der Waals surface area contributed by atoms with Gasteiger partial charge in [0.1, 0.15) is 5.03 Å². The van der Waals surface area contributed by atoms with Gasteiger partial charge in [0.15, 0.2) is 0 Å². The van der Waals surface area contributed by atoms with E-state index in [9.17, 15) is 4.79 Å². The second kappa shape index (κ2) is 3.61. The third-order valence-electron chi connectivity index (χ3n) is 2.17. The van der Waals surface area contributed by atoms with Crippen LogP contribution in [0.5, 0.6) is 0 Å². The molecule has 1 unspecified atom stereocenters. The van der Waals surface area contributed by atoms with E-state index in [-0.39, 0.29) is 11.2 Å². The first kappa shape index (κ1) is 9.52. The molecule has 3 nitrogen and oxygen atoms in total. The highest BCUT2D eigenvalue weighted by atomic mass is 32.2. The largest absolute Gasteiger partial charge is 0.323 e. The summed E-state index contributed by atoms with van der Waals surface area (Å²) in [7, 11) is 0. The predicted molar refractivity (Wildman–Crippen MR) is 57.5 cm³/mol. The summed E-state index contributed by atoms with van der Waals surface area (Å²) in [6.07, 6.45) is 0.839. The molecule has 0 fully saturated rings. The Morgan fingerprint density at radius 3 is 3.07 bits per heavy atom. The highest BCUT2D eigenvalue weighted by Crippen LogP contribution is 2.35. The van der Waals surface area contributed by atoms with Crippen molar-refractivity contribution in [2.45, 2.75) is 30.5 Å². The number of carbonyl (C=O) groups excluding carboxylic acids is 1. The Morgan fingerprint density at radius 2 is 2.36 bits per heavy atom. The van der Waals surface area contributed by atoms with E-state index >= 15 is 0 Å². The second-order valence-corrected chi connectivity index (χ2v) is 4.50. The summed E-state index contributed by atoms with van der Waals surface area (Å²) in [6.45, 7) is 3.97. The predicted octanol–water partition coefficient (Wildman–Crippen LogP) is 2.21. The molecule has 0 saturated heterocycles. The Kier molecular flexibility index (Phi) is 2.46. The SMILES string of the molecule is CCC1Sc2nc(C)ccc2NC1=O. The number of anilines is 1. The molecule has 1 aromatic rings. The minimum Gasteiger partial charge on any atom is -0.323 e. The van der Waals surface area contributed by atoms with Crippen LogP contribution < -0.4 is 5.32 Å². The summed E-state index contributed by atoms with van der Waals surface area (Å²) >= 11 is 1.56. The molecule has 0 aliphatic carbocycles. The number of nitrogens with one attached hydrogen (secondary N) is 1. The highest BCUT2D eigenvalue weighted by Gasteiger charge is 2.26. The molecule has 0 saturated carbocycles. The van der Waals surface area contributed by atoms with Crippen LogP contribution in [0.4, 0.5) is 5.69 Å². The number of carbonyl (C=O) groups is 1. The third kappa shape index (κ3) is 1.62. The van der Waals surface area contributed by atoms with Gasteiger partial charge in [0.25, 0.3) is 0 Å². The molecule has 1 atom stereocenters. The van der Waals surface area contributed by atoms with Gasteiger partial charge >= 0.3 is 0 Å². The zero-order valence-electron chi connectivity index (χ0n) is 8.20. The highest BCUT2D eigenvalue weighted by molar-refractivity contribution is 8.00. The van der Waals surface area contributed by atoms with Crippen molar-refractivity contribution in [3.8, 4) is 0 Å². The van der Waals surface area contributed by atoms with E-state index in [2.05, 4.69) is 10.3 Å². The molecule has 1 aromatic heterocycles. The molecule has 1 N–H and O–H groups in total. The molecule has 1 amide bonds. The van der Waals surface area contributed by atoms with Gasteiger partial charge in [-0.15, -0.1) is 0 Å². The Morgan fingerprint density at radius 1 is 1.57 bits per heavy atom. The fourth-order valence-corrected chi connectivity index (χ4v) is 2.43. The van der Waals surface area contributed by atoms with Gasteiger partial charge in [0.05, 0.1) is 10.9 Å². The fraction of sp³-hybridized carbons (Fsp3) is 0.400. The lowest BCUT2D eigenvalue weighted by Gasteiger charge is -2.22. The van der Waals surface area contributed by atoms with E-state index in [1.165, 1.54) is 0 Å². The Bertz CT molecular complexity index is 378. The van der Waals surface area contributed by atoms with Crippen molar-refractivity contribution < 1.29 is 4.79 Å². The number of pyridine rings is 1. The van der Waals surface area contributed by atoms with Crippen LogP contribution in [-0.2, 0) is 4.79 Å². The second-order valence-electron chi connectivity index (χ2n) is 3.31. The van der Waals surface area contributed by atoms with Gasteiger partial charge in [-0.2, -0.15) is 0 Å². The average Bonchev–Trinajstić information content (AvgIpc) is 2.17. The molecular formula is C10H12N2OS. The number of amides is 1. The van der Waals surface area contributed by atoms with Gasteiger partial charge in [-0.1, -0.05) is 18.7 Å². The Hall–Kier alpha value is -1.03. The van der Waals surface area contributed by atoms with Crippen LogP contribution in [-0.4, -0.2) is 16.1 Å². The molecule has 0 radical (unpaired) electrons. The Labute approximate surface area is 87.3 Å². The fourth-order valence-electron chi connectivity index (χ4n) is 1.39. The first-order valence-electron chi connectivity index (χ1n) is 4.66. The minimum atomic E-state index is 0.0109. The van der Waals surface area contributed by atoms with Crippen LogP contribution in [0.25, 0.3) is 0 Å². The maximum Gasteiger partial charge on any atom is 0.237 e. The number of aromatic nitrogens is 1. The van der Waals surface area contributed by atoms with Crippen molar-refractivity contribution in [3.05, 3.63) is 17.8 Å². The molecular weight excluding hydrogens is 196 g/mol. The van der Waals surface area contributed by atoms with Crippen LogP contribution in [0.1, 0.15) is 19.0 Å². The maximum atomic E-state index is 11.5. The van der Waals surface area contributed by atoms with Gasteiger partial charge in [0, 0.05) is 5.69 Å². The van der Waals surface area contributed by atoms with E-state index in [4.69, 9.17) is 0 Å². The minimum absolute atomic E-state index is 0.0109. The normalized spacial score (nSPS) is 20.1. The topological polar surface area (TPSA) is 42.0 Å². The van der Waals surface area contributed by atoms with E-state index < -0.39 is 0 Å². The number of fused-ring (bicyclic) bond motifs is 1. The Balaban J connectivity index is 2.36. The number of hydrogen-bond donors (Lipinski definition) is 1. The van der Waals surface area contributed by atoms with Gasteiger partial charge in [-0.05, 0) is 25.5 Å². The van der Waals surface area contributed by atoms with Gasteiger partial charge in [-0.25, -0.2) is 4.98 Å². The summed E-state index contributed by atoms with van der Waals surface area (Å²) in [5.74, 6) is 0.0932. The van der Waals surface area contributed by atoms with Crippen LogP contribution >= 0.6 is 11.8 Å². The molecule has 0 spiro atoms. The molecule has 2 heterocycles. The number of hydrogen-bond acceptors (Lipinski definition) is 3. The van der Waals surface area contributed by atoms with Crippen molar-refractivity contribution >= 4 is 23.4 Å². The number of nitrogens with zero attached hydrogens (tertiary/aromatic N) is 1. The molecule has 1 aliphatic heterocycles. The maximum absolute atomic E-state index is 11.5. The molecule has 1 aliphatic rings. The lowest BCUT2D eigenvalue weighted by molar-refractivity contribution is -0.115. The molecule has 14 heavy (non-hydrogen) atoms. The first-order chi connectivity index (χ1) is 6.70. The van der Waals surface area contributed by atoms with Gasteiger partial charge in [0.2, 0.25) is 5.91 Å². The standard InChI is InChI=1S/C10H12N2OS/c1-3-8-9(13)12-7-5-4-6(2)11-10(7)14-8/h4-5,8H,3H2,1-2H3,(H,12,13). The van der Waals surface area contributed by atoms with Gasteiger partial charge in [-0.3, -0.25) is 4.79 Å². The van der Waals surface area contributed by atoms with E-state index in [1.54, 1.807) is 11.8 Å².